The largest absolute Gasteiger partial charge is 0.413 e. The summed E-state index contributed by atoms with van der Waals surface area (Å²) in [6, 6.07) is 9.61. The van der Waals surface area contributed by atoms with Crippen molar-refractivity contribution in [3.8, 4) is 5.88 Å². The van der Waals surface area contributed by atoms with Gasteiger partial charge in [0.25, 0.3) is 0 Å². The van der Waals surface area contributed by atoms with Crippen molar-refractivity contribution in [2.75, 3.05) is 39.4 Å². The monoisotopic (exact) mass is 289 g/mol. The maximum absolute atomic E-state index is 11.7. The van der Waals surface area contributed by atoms with Gasteiger partial charge < -0.3 is 19.8 Å². The molecule has 1 aromatic carbocycles. The first-order chi connectivity index (χ1) is 10.3. The van der Waals surface area contributed by atoms with Crippen LogP contribution in [0.1, 0.15) is 0 Å². The Morgan fingerprint density at radius 2 is 2.14 bits per heavy atom. The zero-order chi connectivity index (χ0) is 14.5. The van der Waals surface area contributed by atoms with Gasteiger partial charge in [0.15, 0.2) is 0 Å². The van der Waals surface area contributed by atoms with Crippen molar-refractivity contribution >= 4 is 17.0 Å². The van der Waals surface area contributed by atoms with E-state index in [0.717, 1.165) is 43.8 Å². The third kappa shape index (κ3) is 3.74. The smallest absolute Gasteiger partial charge is 0.393 e. The molecule has 1 aromatic heterocycles. The topological polar surface area (TPSA) is 66.6 Å². The molecule has 6 heteroatoms. The lowest BCUT2D eigenvalue weighted by Gasteiger charge is -2.26. The van der Waals surface area contributed by atoms with Crippen molar-refractivity contribution in [1.82, 2.24) is 15.2 Å². The number of carbonyl (C=O) groups excluding carboxylic acids is 1. The highest BCUT2D eigenvalue weighted by Crippen LogP contribution is 2.19. The SMILES string of the molecule is O=C(NCCN1CCOCC1)Oc1cc2ccccc2[nH]1. The molecule has 1 fully saturated rings. The summed E-state index contributed by atoms with van der Waals surface area (Å²) in [4.78, 5) is 17.0. The molecule has 2 heterocycles. The van der Waals surface area contributed by atoms with Crippen LogP contribution in [-0.2, 0) is 4.74 Å². The van der Waals surface area contributed by atoms with Gasteiger partial charge in [0.1, 0.15) is 0 Å². The molecule has 0 bridgehead atoms. The number of rotatable bonds is 4. The van der Waals surface area contributed by atoms with Gasteiger partial charge >= 0.3 is 6.09 Å². The first kappa shape index (κ1) is 13.9. The van der Waals surface area contributed by atoms with Crippen LogP contribution in [0.5, 0.6) is 5.88 Å². The van der Waals surface area contributed by atoms with Crippen LogP contribution >= 0.6 is 0 Å². The summed E-state index contributed by atoms with van der Waals surface area (Å²) in [5, 5.41) is 3.78. The van der Waals surface area contributed by atoms with Gasteiger partial charge in [-0.15, -0.1) is 0 Å². The number of para-hydroxylation sites is 1. The van der Waals surface area contributed by atoms with E-state index in [4.69, 9.17) is 9.47 Å². The van der Waals surface area contributed by atoms with Crippen molar-refractivity contribution in [3.05, 3.63) is 30.3 Å². The van der Waals surface area contributed by atoms with Gasteiger partial charge in [-0.05, 0) is 6.07 Å². The quantitative estimate of drug-likeness (QED) is 0.897. The Balaban J connectivity index is 1.45. The van der Waals surface area contributed by atoms with Gasteiger partial charge in [0.05, 0.1) is 13.2 Å². The van der Waals surface area contributed by atoms with Gasteiger partial charge in [-0.1, -0.05) is 18.2 Å². The van der Waals surface area contributed by atoms with Crippen LogP contribution in [0.25, 0.3) is 10.9 Å². The van der Waals surface area contributed by atoms with Crippen LogP contribution in [0.4, 0.5) is 4.79 Å². The minimum Gasteiger partial charge on any atom is -0.393 e. The summed E-state index contributed by atoms with van der Waals surface area (Å²) < 4.78 is 10.5. The molecule has 1 aliphatic rings. The average molecular weight is 289 g/mol. The number of H-pyrrole nitrogens is 1. The van der Waals surface area contributed by atoms with Crippen LogP contribution < -0.4 is 10.1 Å². The minimum atomic E-state index is -0.435. The highest BCUT2D eigenvalue weighted by Gasteiger charge is 2.11. The maximum atomic E-state index is 11.7. The number of ether oxygens (including phenoxy) is 2. The molecular formula is C15H19N3O3. The molecule has 0 spiro atoms. The van der Waals surface area contributed by atoms with E-state index in [1.165, 1.54) is 0 Å². The maximum Gasteiger partial charge on any atom is 0.413 e. The van der Waals surface area contributed by atoms with E-state index >= 15 is 0 Å². The lowest BCUT2D eigenvalue weighted by atomic mass is 10.3. The summed E-state index contributed by atoms with van der Waals surface area (Å²) in [6.45, 7) is 4.74. The van der Waals surface area contributed by atoms with Crippen LogP contribution in [0, 0.1) is 0 Å². The fourth-order valence-corrected chi connectivity index (χ4v) is 2.38. The summed E-state index contributed by atoms with van der Waals surface area (Å²) in [7, 11) is 0. The Morgan fingerprint density at radius 1 is 1.33 bits per heavy atom. The van der Waals surface area contributed by atoms with Crippen molar-refractivity contribution in [3.63, 3.8) is 0 Å². The summed E-state index contributed by atoms with van der Waals surface area (Å²) in [6.07, 6.45) is -0.435. The van der Waals surface area contributed by atoms with Gasteiger partial charge in [0.2, 0.25) is 5.88 Å². The van der Waals surface area contributed by atoms with Crippen molar-refractivity contribution in [1.29, 1.82) is 0 Å². The third-order valence-electron chi connectivity index (χ3n) is 3.51. The lowest BCUT2D eigenvalue weighted by molar-refractivity contribution is 0.0385. The number of aromatic amines is 1. The summed E-state index contributed by atoms with van der Waals surface area (Å²) in [5.74, 6) is 0.458. The van der Waals surface area contributed by atoms with Crippen LogP contribution in [0.2, 0.25) is 0 Å². The van der Waals surface area contributed by atoms with E-state index in [1.807, 2.05) is 30.3 Å². The molecule has 0 unspecified atom stereocenters. The average Bonchev–Trinajstić information content (AvgIpc) is 2.90. The Hall–Kier alpha value is -2.05. The number of hydrogen-bond donors (Lipinski definition) is 2. The fraction of sp³-hybridized carbons (Fsp3) is 0.400. The van der Waals surface area contributed by atoms with Crippen molar-refractivity contribution in [2.24, 2.45) is 0 Å². The molecule has 1 aliphatic heterocycles. The predicted octanol–water partition coefficient (Wildman–Crippen LogP) is 1.59. The van der Waals surface area contributed by atoms with Crippen LogP contribution in [0.15, 0.2) is 30.3 Å². The second-order valence-corrected chi connectivity index (χ2v) is 4.99. The number of fused-ring (bicyclic) bond motifs is 1. The molecule has 0 aliphatic carbocycles. The molecule has 2 N–H and O–H groups in total. The zero-order valence-electron chi connectivity index (χ0n) is 11.8. The molecule has 3 rings (SSSR count). The molecule has 0 radical (unpaired) electrons. The molecular weight excluding hydrogens is 270 g/mol. The number of benzene rings is 1. The molecule has 0 saturated carbocycles. The number of nitrogens with one attached hydrogen (secondary N) is 2. The van der Waals surface area contributed by atoms with Gasteiger partial charge in [-0.25, -0.2) is 4.79 Å². The molecule has 21 heavy (non-hydrogen) atoms. The molecule has 2 aromatic rings. The second-order valence-electron chi connectivity index (χ2n) is 4.99. The van der Waals surface area contributed by atoms with E-state index in [0.29, 0.717) is 12.4 Å². The molecule has 112 valence electrons. The number of nitrogens with zero attached hydrogens (tertiary/aromatic N) is 1. The fourth-order valence-electron chi connectivity index (χ4n) is 2.38. The van der Waals surface area contributed by atoms with Gasteiger partial charge in [0, 0.05) is 43.1 Å². The van der Waals surface area contributed by atoms with E-state index in [2.05, 4.69) is 15.2 Å². The van der Waals surface area contributed by atoms with Gasteiger partial charge in [-0.3, -0.25) is 4.90 Å². The summed E-state index contributed by atoms with van der Waals surface area (Å²) in [5.41, 5.74) is 0.952. The third-order valence-corrected chi connectivity index (χ3v) is 3.51. The minimum absolute atomic E-state index is 0.435. The van der Waals surface area contributed by atoms with Crippen LogP contribution in [0.3, 0.4) is 0 Å². The number of amides is 1. The second kappa shape index (κ2) is 6.60. The number of aromatic nitrogens is 1. The normalized spacial score (nSPS) is 16.0. The Labute approximate surface area is 123 Å². The lowest BCUT2D eigenvalue weighted by Crippen LogP contribution is -2.41. The van der Waals surface area contributed by atoms with Crippen molar-refractivity contribution in [2.45, 2.75) is 0 Å². The van der Waals surface area contributed by atoms with Gasteiger partial charge in [-0.2, -0.15) is 0 Å². The Morgan fingerprint density at radius 3 is 2.95 bits per heavy atom. The van der Waals surface area contributed by atoms with E-state index in [9.17, 15) is 4.79 Å². The standard InChI is InChI=1S/C15H19N3O3/c19-15(16-5-6-18-7-9-20-10-8-18)21-14-11-12-3-1-2-4-13(12)17-14/h1-4,11,17H,5-10H2,(H,16,19). The molecule has 1 saturated heterocycles. The first-order valence-corrected chi connectivity index (χ1v) is 7.15. The van der Waals surface area contributed by atoms with Crippen LogP contribution in [-0.4, -0.2) is 55.4 Å². The molecule has 6 nitrogen and oxygen atoms in total. The number of carbonyl (C=O) groups is 1. The van der Waals surface area contributed by atoms with E-state index in [1.54, 1.807) is 0 Å². The molecule has 0 atom stereocenters. The number of morpholine rings is 1. The highest BCUT2D eigenvalue weighted by molar-refractivity contribution is 5.82. The van der Waals surface area contributed by atoms with E-state index in [-0.39, 0.29) is 0 Å². The summed E-state index contributed by atoms with van der Waals surface area (Å²) >= 11 is 0. The van der Waals surface area contributed by atoms with E-state index < -0.39 is 6.09 Å². The predicted molar refractivity (Wildman–Crippen MR) is 79.6 cm³/mol. The number of hydrogen-bond acceptors (Lipinski definition) is 4. The Kier molecular flexibility index (Phi) is 4.37. The first-order valence-electron chi connectivity index (χ1n) is 7.15. The Bertz CT molecular complexity index is 572. The zero-order valence-corrected chi connectivity index (χ0v) is 11.8. The molecule has 1 amide bonds. The van der Waals surface area contributed by atoms with Crippen molar-refractivity contribution < 1.29 is 14.3 Å². The highest BCUT2D eigenvalue weighted by atomic mass is 16.6.